The van der Waals surface area contributed by atoms with Gasteiger partial charge >= 0.3 is 12.0 Å². The minimum absolute atomic E-state index is 0.0307. The van der Waals surface area contributed by atoms with Crippen LogP contribution in [0.5, 0.6) is 0 Å². The summed E-state index contributed by atoms with van der Waals surface area (Å²) in [6, 6.07) is 4.95. The number of hydrogen-bond donors (Lipinski definition) is 2. The number of rotatable bonds is 4. The van der Waals surface area contributed by atoms with Gasteiger partial charge in [0, 0.05) is 5.70 Å². The zero-order chi connectivity index (χ0) is 16.3. The average Bonchev–Trinajstić information content (AvgIpc) is 2.48. The van der Waals surface area contributed by atoms with Gasteiger partial charge in [-0.2, -0.15) is 0 Å². The second-order valence-electron chi connectivity index (χ2n) is 5.14. The molecule has 2 N–H and O–H groups in total. The molecule has 0 saturated carbocycles. The molecule has 2 rings (SSSR count). The molecule has 0 fully saturated rings. The molecule has 1 aromatic rings. The summed E-state index contributed by atoms with van der Waals surface area (Å²) < 4.78 is 5.12. The van der Waals surface area contributed by atoms with Crippen LogP contribution in [-0.2, 0) is 9.53 Å². The Bertz CT molecular complexity index is 640. The van der Waals surface area contributed by atoms with Gasteiger partial charge < -0.3 is 15.4 Å². The molecule has 2 amide bonds. The predicted octanol–water partition coefficient (Wildman–Crippen LogP) is 2.71. The summed E-state index contributed by atoms with van der Waals surface area (Å²) in [7, 11) is 0. The Hall–Kier alpha value is -2.01. The van der Waals surface area contributed by atoms with Crippen LogP contribution in [0.1, 0.15) is 29.7 Å². The maximum atomic E-state index is 12.3. The zero-order valence-electron chi connectivity index (χ0n) is 12.8. The molecule has 22 heavy (non-hydrogen) atoms. The molecule has 1 unspecified atom stereocenters. The first kappa shape index (κ1) is 16.4. The molecule has 0 radical (unpaired) electrons. The van der Waals surface area contributed by atoms with Crippen molar-refractivity contribution in [3.8, 4) is 0 Å². The molecule has 1 aromatic carbocycles. The molecule has 6 heteroatoms. The molecular weight excluding hydrogens is 304 g/mol. The van der Waals surface area contributed by atoms with Crippen LogP contribution < -0.4 is 10.6 Å². The summed E-state index contributed by atoms with van der Waals surface area (Å²) >= 11 is 5.90. The van der Waals surface area contributed by atoms with Crippen molar-refractivity contribution in [1.82, 2.24) is 10.6 Å². The number of ether oxygens (including phenoxy) is 1. The second kappa shape index (κ2) is 6.83. The number of carbonyl (C=O) groups is 2. The van der Waals surface area contributed by atoms with Gasteiger partial charge in [0.15, 0.2) is 0 Å². The van der Waals surface area contributed by atoms with Crippen LogP contribution in [0.2, 0.25) is 0 Å². The van der Waals surface area contributed by atoms with Crippen molar-refractivity contribution in [2.75, 3.05) is 12.5 Å². The first-order valence-electron chi connectivity index (χ1n) is 7.08. The van der Waals surface area contributed by atoms with E-state index in [1.54, 1.807) is 6.92 Å². The Labute approximate surface area is 134 Å². The van der Waals surface area contributed by atoms with Crippen molar-refractivity contribution >= 4 is 23.6 Å². The lowest BCUT2D eigenvalue weighted by atomic mass is 9.91. The molecule has 0 bridgehead atoms. The van der Waals surface area contributed by atoms with Crippen molar-refractivity contribution in [2.45, 2.75) is 26.8 Å². The smallest absolute Gasteiger partial charge is 0.338 e. The van der Waals surface area contributed by atoms with Crippen LogP contribution in [0, 0.1) is 13.8 Å². The molecule has 1 atom stereocenters. The fourth-order valence-corrected chi connectivity index (χ4v) is 2.69. The van der Waals surface area contributed by atoms with E-state index in [0.717, 1.165) is 16.7 Å². The summed E-state index contributed by atoms with van der Waals surface area (Å²) in [4.78, 5) is 24.2. The first-order valence-corrected chi connectivity index (χ1v) is 7.62. The van der Waals surface area contributed by atoms with Crippen molar-refractivity contribution in [2.24, 2.45) is 0 Å². The molecule has 5 nitrogen and oxygen atoms in total. The summed E-state index contributed by atoms with van der Waals surface area (Å²) in [6.45, 7) is 5.89. The van der Waals surface area contributed by atoms with E-state index < -0.39 is 12.0 Å². The molecule has 118 valence electrons. The monoisotopic (exact) mass is 322 g/mol. The molecule has 1 aliphatic rings. The summed E-state index contributed by atoms with van der Waals surface area (Å²) in [5, 5.41) is 5.37. The van der Waals surface area contributed by atoms with Crippen molar-refractivity contribution < 1.29 is 14.3 Å². The molecule has 1 aliphatic heterocycles. The van der Waals surface area contributed by atoms with E-state index in [0.29, 0.717) is 11.3 Å². The Morgan fingerprint density at radius 2 is 2.09 bits per heavy atom. The van der Waals surface area contributed by atoms with Crippen molar-refractivity contribution in [3.05, 3.63) is 46.2 Å². The highest BCUT2D eigenvalue weighted by Crippen LogP contribution is 2.30. The van der Waals surface area contributed by atoms with E-state index in [4.69, 9.17) is 16.3 Å². The molecule has 0 saturated heterocycles. The molecule has 0 spiro atoms. The number of esters is 1. The number of nitrogens with one attached hydrogen (secondary N) is 2. The Morgan fingerprint density at radius 1 is 1.36 bits per heavy atom. The van der Waals surface area contributed by atoms with E-state index in [1.807, 2.05) is 32.0 Å². The maximum Gasteiger partial charge on any atom is 0.338 e. The quantitative estimate of drug-likeness (QED) is 0.661. The number of amides is 2. The van der Waals surface area contributed by atoms with Crippen LogP contribution in [-0.4, -0.2) is 24.5 Å². The normalized spacial score (nSPS) is 17.8. The van der Waals surface area contributed by atoms with Gasteiger partial charge in [-0.15, -0.1) is 11.6 Å². The van der Waals surface area contributed by atoms with Crippen LogP contribution in [0.15, 0.2) is 29.5 Å². The minimum Gasteiger partial charge on any atom is -0.463 e. The number of aryl methyl sites for hydroxylation is 2. The van der Waals surface area contributed by atoms with Gasteiger partial charge in [0.2, 0.25) is 0 Å². The van der Waals surface area contributed by atoms with E-state index in [9.17, 15) is 9.59 Å². The summed E-state index contributed by atoms with van der Waals surface area (Å²) in [5.74, 6) is -0.445. The van der Waals surface area contributed by atoms with Crippen LogP contribution in [0.4, 0.5) is 4.79 Å². The number of urea groups is 1. The first-order chi connectivity index (χ1) is 10.5. The van der Waals surface area contributed by atoms with Gasteiger partial charge in [-0.3, -0.25) is 0 Å². The number of allylic oxidation sites excluding steroid dienone is 1. The summed E-state index contributed by atoms with van der Waals surface area (Å²) in [5.41, 5.74) is 3.62. The van der Waals surface area contributed by atoms with Crippen LogP contribution in [0.25, 0.3) is 0 Å². The number of benzene rings is 1. The fraction of sp³-hybridized carbons (Fsp3) is 0.375. The van der Waals surface area contributed by atoms with Gasteiger partial charge in [0.25, 0.3) is 0 Å². The molecule has 1 heterocycles. The Balaban J connectivity index is 2.56. The third-order valence-electron chi connectivity index (χ3n) is 3.53. The van der Waals surface area contributed by atoms with Crippen LogP contribution in [0.3, 0.4) is 0 Å². The highest BCUT2D eigenvalue weighted by atomic mass is 35.5. The minimum atomic E-state index is -0.568. The Kier molecular flexibility index (Phi) is 5.08. The van der Waals surface area contributed by atoms with E-state index >= 15 is 0 Å². The number of alkyl halides is 1. The second-order valence-corrected chi connectivity index (χ2v) is 5.41. The fourth-order valence-electron chi connectivity index (χ4n) is 2.48. The highest BCUT2D eigenvalue weighted by Gasteiger charge is 2.34. The van der Waals surface area contributed by atoms with Crippen LogP contribution >= 0.6 is 11.6 Å². The Morgan fingerprint density at radius 3 is 2.73 bits per heavy atom. The van der Waals surface area contributed by atoms with Gasteiger partial charge in [-0.05, 0) is 31.9 Å². The predicted molar refractivity (Wildman–Crippen MR) is 84.7 cm³/mol. The van der Waals surface area contributed by atoms with Gasteiger partial charge in [-0.1, -0.05) is 23.8 Å². The average molecular weight is 323 g/mol. The standard InChI is InChI=1S/C16H19ClN2O3/c1-4-22-15(20)13-12(8-17)18-16(21)19-14(13)11-7-9(2)5-6-10(11)3/h5-7,14H,4,8H2,1-3H3,(H2,18,19,21). The SMILES string of the molecule is CCOC(=O)C1=C(CCl)NC(=O)NC1c1cc(C)ccc1C. The van der Waals surface area contributed by atoms with Gasteiger partial charge in [0.05, 0.1) is 24.1 Å². The molecule has 0 aliphatic carbocycles. The van der Waals surface area contributed by atoms with Crippen molar-refractivity contribution in [1.29, 1.82) is 0 Å². The van der Waals surface area contributed by atoms with Gasteiger partial charge in [-0.25, -0.2) is 9.59 Å². The van der Waals surface area contributed by atoms with E-state index in [2.05, 4.69) is 10.6 Å². The number of hydrogen-bond acceptors (Lipinski definition) is 3. The maximum absolute atomic E-state index is 12.3. The van der Waals surface area contributed by atoms with E-state index in [1.165, 1.54) is 0 Å². The largest absolute Gasteiger partial charge is 0.463 e. The number of carbonyl (C=O) groups excluding carboxylic acids is 2. The zero-order valence-corrected chi connectivity index (χ0v) is 13.6. The van der Waals surface area contributed by atoms with E-state index in [-0.39, 0.29) is 18.5 Å². The topological polar surface area (TPSA) is 67.4 Å². The lowest BCUT2D eigenvalue weighted by Gasteiger charge is -2.29. The molecular formula is C16H19ClN2O3. The van der Waals surface area contributed by atoms with Gasteiger partial charge in [0.1, 0.15) is 0 Å². The lowest BCUT2D eigenvalue weighted by Crippen LogP contribution is -2.46. The summed E-state index contributed by atoms with van der Waals surface area (Å²) in [6.07, 6.45) is 0. The van der Waals surface area contributed by atoms with Crippen molar-refractivity contribution in [3.63, 3.8) is 0 Å². The third-order valence-corrected chi connectivity index (χ3v) is 3.80. The lowest BCUT2D eigenvalue weighted by molar-refractivity contribution is -0.139. The number of halogens is 1. The third kappa shape index (κ3) is 3.25. The highest BCUT2D eigenvalue weighted by molar-refractivity contribution is 6.20. The molecule has 0 aromatic heterocycles.